The van der Waals surface area contributed by atoms with Gasteiger partial charge >= 0.3 is 0 Å². The lowest BCUT2D eigenvalue weighted by Gasteiger charge is -2.52. The maximum Gasteiger partial charge on any atom is 0.250 e. The number of rotatable bonds is 4. The number of pyridine rings is 1. The molecular formula is C25H31N3O3. The van der Waals surface area contributed by atoms with Gasteiger partial charge in [0.25, 0.3) is 5.56 Å². The number of anilines is 1. The maximum atomic E-state index is 13.7. The summed E-state index contributed by atoms with van der Waals surface area (Å²) in [6, 6.07) is 13.2. The third-order valence-electron chi connectivity index (χ3n) is 7.54. The van der Waals surface area contributed by atoms with Gasteiger partial charge in [0.05, 0.1) is 7.11 Å². The van der Waals surface area contributed by atoms with Gasteiger partial charge in [-0.05, 0) is 55.5 Å². The summed E-state index contributed by atoms with van der Waals surface area (Å²) < 4.78 is 7.20. The second kappa shape index (κ2) is 8.15. The first-order valence-electron chi connectivity index (χ1n) is 11.5. The van der Waals surface area contributed by atoms with Crippen molar-refractivity contribution in [2.75, 3.05) is 25.5 Å². The zero-order chi connectivity index (χ0) is 21.4. The number of methoxy groups -OCH3 is 1. The SMILES string of the molecule is COc1ccc(NC(=O)C2(N3CC4C[C@H](C3)Cn3c4cccc3=O)CCCCC2)cc1. The molecule has 1 unspecified atom stereocenters. The number of likely N-dealkylation sites (tertiary alicyclic amines) is 1. The Morgan fingerprint density at radius 2 is 1.81 bits per heavy atom. The topological polar surface area (TPSA) is 63.6 Å². The van der Waals surface area contributed by atoms with E-state index in [1.807, 2.05) is 34.9 Å². The first-order chi connectivity index (χ1) is 15.1. The van der Waals surface area contributed by atoms with Crippen molar-refractivity contribution >= 4 is 11.6 Å². The van der Waals surface area contributed by atoms with Crippen LogP contribution in [0.2, 0.25) is 0 Å². The lowest BCUT2D eigenvalue weighted by Crippen LogP contribution is -2.62. The van der Waals surface area contributed by atoms with Gasteiger partial charge < -0.3 is 14.6 Å². The van der Waals surface area contributed by atoms with Gasteiger partial charge in [0.15, 0.2) is 0 Å². The minimum absolute atomic E-state index is 0.102. The largest absolute Gasteiger partial charge is 0.497 e. The molecule has 6 nitrogen and oxygen atoms in total. The number of ether oxygens (including phenoxy) is 1. The molecule has 1 saturated heterocycles. The summed E-state index contributed by atoms with van der Waals surface area (Å²) in [5.41, 5.74) is 1.58. The van der Waals surface area contributed by atoms with E-state index in [0.717, 1.165) is 68.9 Å². The van der Waals surface area contributed by atoms with E-state index in [-0.39, 0.29) is 11.5 Å². The Balaban J connectivity index is 1.42. The Morgan fingerprint density at radius 1 is 1.03 bits per heavy atom. The standard InChI is InChI=1S/C25H31N3O3/c1-31-21-10-8-20(9-11-21)26-24(30)25(12-3-2-4-13-25)27-15-18-14-19(17-27)22-6-5-7-23(29)28(22)16-18/h5-11,18-19H,2-4,12-17H2,1H3,(H,26,30)/t18-,19?/m1/s1. The van der Waals surface area contributed by atoms with Crippen LogP contribution in [0.4, 0.5) is 5.69 Å². The molecule has 2 atom stereocenters. The number of hydrogen-bond donors (Lipinski definition) is 1. The molecule has 1 aromatic carbocycles. The van der Waals surface area contributed by atoms with Crippen molar-refractivity contribution in [2.24, 2.45) is 5.92 Å². The first kappa shape index (κ1) is 20.3. The second-order valence-corrected chi connectivity index (χ2v) is 9.38. The summed E-state index contributed by atoms with van der Waals surface area (Å²) in [4.78, 5) is 28.6. The fraction of sp³-hybridized carbons (Fsp3) is 0.520. The molecule has 3 aliphatic rings. The van der Waals surface area contributed by atoms with Crippen molar-refractivity contribution in [3.63, 3.8) is 0 Å². The van der Waals surface area contributed by atoms with Crippen LogP contribution in [-0.2, 0) is 11.3 Å². The molecular weight excluding hydrogens is 390 g/mol. The smallest absolute Gasteiger partial charge is 0.250 e. The highest BCUT2D eigenvalue weighted by Gasteiger charge is 2.48. The number of nitrogens with one attached hydrogen (secondary N) is 1. The van der Waals surface area contributed by atoms with Crippen LogP contribution in [0.25, 0.3) is 0 Å². The highest BCUT2D eigenvalue weighted by Crippen LogP contribution is 2.42. The summed E-state index contributed by atoms with van der Waals surface area (Å²) >= 11 is 0. The predicted molar refractivity (Wildman–Crippen MR) is 121 cm³/mol. The number of benzene rings is 1. The Morgan fingerprint density at radius 3 is 2.55 bits per heavy atom. The minimum Gasteiger partial charge on any atom is -0.497 e. The molecule has 5 rings (SSSR count). The van der Waals surface area contributed by atoms with E-state index in [9.17, 15) is 9.59 Å². The van der Waals surface area contributed by atoms with E-state index in [0.29, 0.717) is 11.8 Å². The zero-order valence-electron chi connectivity index (χ0n) is 18.2. The Bertz CT molecular complexity index is 1010. The Hall–Kier alpha value is -2.60. The quantitative estimate of drug-likeness (QED) is 0.819. The number of carbonyl (C=O) groups excluding carboxylic acids is 1. The fourth-order valence-corrected chi connectivity index (χ4v) is 5.99. The highest BCUT2D eigenvalue weighted by molar-refractivity contribution is 5.98. The van der Waals surface area contributed by atoms with E-state index < -0.39 is 5.54 Å². The van der Waals surface area contributed by atoms with Crippen molar-refractivity contribution < 1.29 is 9.53 Å². The van der Waals surface area contributed by atoms with E-state index in [4.69, 9.17) is 4.74 Å². The van der Waals surface area contributed by atoms with Gasteiger partial charge in [-0.3, -0.25) is 14.5 Å². The van der Waals surface area contributed by atoms with Gasteiger partial charge in [0, 0.05) is 43.0 Å². The molecule has 0 radical (unpaired) electrons. The van der Waals surface area contributed by atoms with Crippen molar-refractivity contribution in [3.05, 3.63) is 58.5 Å². The molecule has 1 aromatic heterocycles. The number of piperidine rings is 1. The van der Waals surface area contributed by atoms with Crippen molar-refractivity contribution in [3.8, 4) is 5.75 Å². The summed E-state index contributed by atoms with van der Waals surface area (Å²) in [6.07, 6.45) is 6.26. The molecule has 2 aliphatic heterocycles. The van der Waals surface area contributed by atoms with Gasteiger partial charge in [-0.25, -0.2) is 0 Å². The van der Waals surface area contributed by atoms with Crippen LogP contribution in [-0.4, -0.2) is 41.1 Å². The maximum absolute atomic E-state index is 13.7. The van der Waals surface area contributed by atoms with Crippen LogP contribution in [0.5, 0.6) is 5.75 Å². The van der Waals surface area contributed by atoms with Crippen molar-refractivity contribution in [1.29, 1.82) is 0 Å². The molecule has 1 N–H and O–H groups in total. The normalized spacial score (nSPS) is 24.8. The number of amides is 1. The van der Waals surface area contributed by atoms with E-state index in [2.05, 4.69) is 16.3 Å². The van der Waals surface area contributed by atoms with E-state index in [1.54, 1.807) is 13.2 Å². The molecule has 6 heteroatoms. The van der Waals surface area contributed by atoms with E-state index in [1.165, 1.54) is 6.42 Å². The number of carbonyl (C=O) groups is 1. The van der Waals surface area contributed by atoms with Gasteiger partial charge in [-0.15, -0.1) is 0 Å². The molecule has 164 valence electrons. The average molecular weight is 422 g/mol. The minimum atomic E-state index is -0.466. The van der Waals surface area contributed by atoms with Crippen LogP contribution >= 0.6 is 0 Å². The molecule has 31 heavy (non-hydrogen) atoms. The molecule has 2 bridgehead atoms. The summed E-state index contributed by atoms with van der Waals surface area (Å²) in [5, 5.41) is 3.20. The van der Waals surface area contributed by atoms with Gasteiger partial charge in [0.1, 0.15) is 11.3 Å². The molecule has 0 spiro atoms. The molecule has 3 heterocycles. The Kier molecular flexibility index (Phi) is 5.34. The number of hydrogen-bond acceptors (Lipinski definition) is 4. The third kappa shape index (κ3) is 3.67. The number of nitrogens with zero attached hydrogens (tertiary/aromatic N) is 2. The van der Waals surface area contributed by atoms with Crippen LogP contribution in [0.3, 0.4) is 0 Å². The van der Waals surface area contributed by atoms with Crippen molar-refractivity contribution in [1.82, 2.24) is 9.47 Å². The summed E-state index contributed by atoms with van der Waals surface area (Å²) in [7, 11) is 1.64. The van der Waals surface area contributed by atoms with Crippen LogP contribution in [0.1, 0.15) is 50.1 Å². The predicted octanol–water partition coefficient (Wildman–Crippen LogP) is 3.62. The van der Waals surface area contributed by atoms with Crippen LogP contribution in [0, 0.1) is 5.92 Å². The highest BCUT2D eigenvalue weighted by atomic mass is 16.5. The molecule has 2 aromatic rings. The van der Waals surface area contributed by atoms with Gasteiger partial charge in [0.2, 0.25) is 5.91 Å². The van der Waals surface area contributed by atoms with Crippen LogP contribution < -0.4 is 15.6 Å². The number of aromatic nitrogens is 1. The second-order valence-electron chi connectivity index (χ2n) is 9.38. The third-order valence-corrected chi connectivity index (χ3v) is 7.54. The monoisotopic (exact) mass is 421 g/mol. The lowest BCUT2D eigenvalue weighted by atomic mass is 9.75. The number of fused-ring (bicyclic) bond motifs is 4. The molecule has 1 saturated carbocycles. The van der Waals surface area contributed by atoms with Gasteiger partial charge in [-0.2, -0.15) is 0 Å². The lowest BCUT2D eigenvalue weighted by molar-refractivity contribution is -0.133. The molecule has 1 aliphatic carbocycles. The van der Waals surface area contributed by atoms with Gasteiger partial charge in [-0.1, -0.05) is 25.3 Å². The zero-order valence-corrected chi connectivity index (χ0v) is 18.2. The summed E-state index contributed by atoms with van der Waals surface area (Å²) in [5.74, 6) is 1.62. The van der Waals surface area contributed by atoms with Crippen LogP contribution in [0.15, 0.2) is 47.3 Å². The average Bonchev–Trinajstić information content (AvgIpc) is 2.80. The summed E-state index contributed by atoms with van der Waals surface area (Å²) in [6.45, 7) is 2.49. The molecule has 2 fully saturated rings. The van der Waals surface area contributed by atoms with Crippen molar-refractivity contribution in [2.45, 2.75) is 56.5 Å². The Labute approximate surface area is 183 Å². The molecule has 1 amide bonds. The fourth-order valence-electron chi connectivity index (χ4n) is 5.99. The van der Waals surface area contributed by atoms with E-state index >= 15 is 0 Å². The first-order valence-corrected chi connectivity index (χ1v) is 11.5.